The van der Waals surface area contributed by atoms with Gasteiger partial charge in [-0.3, -0.25) is 0 Å². The molecule has 20 heavy (non-hydrogen) atoms. The van der Waals surface area contributed by atoms with E-state index in [1.54, 1.807) is 18.2 Å². The average Bonchev–Trinajstić information content (AvgIpc) is 2.38. The van der Waals surface area contributed by atoms with Gasteiger partial charge in [-0.2, -0.15) is 0 Å². The van der Waals surface area contributed by atoms with Gasteiger partial charge < -0.3 is 15.7 Å². The number of rotatable bonds is 4. The van der Waals surface area contributed by atoms with Gasteiger partial charge in [0.25, 0.3) is 0 Å². The summed E-state index contributed by atoms with van der Waals surface area (Å²) in [5.41, 5.74) is 8.08. The smallest absolute Gasteiger partial charge is 0.337 e. The van der Waals surface area contributed by atoms with E-state index in [1.165, 1.54) is 6.07 Å². The minimum Gasteiger partial charge on any atom is -0.478 e. The van der Waals surface area contributed by atoms with E-state index in [1.807, 2.05) is 30.1 Å². The molecule has 0 aliphatic rings. The van der Waals surface area contributed by atoms with Gasteiger partial charge in [0.2, 0.25) is 0 Å². The summed E-state index contributed by atoms with van der Waals surface area (Å²) in [6.07, 6.45) is 0. The number of nitrogens with two attached hydrogens (primary N) is 1. The van der Waals surface area contributed by atoms with Crippen LogP contribution in [-0.2, 0) is 6.54 Å². The molecule has 0 aromatic heterocycles. The van der Waals surface area contributed by atoms with Crippen LogP contribution in [0.25, 0.3) is 0 Å². The van der Waals surface area contributed by atoms with Crippen LogP contribution in [0.15, 0.2) is 42.5 Å². The first-order valence-corrected chi connectivity index (χ1v) is 6.43. The molecule has 2 aromatic carbocycles. The van der Waals surface area contributed by atoms with Crippen LogP contribution in [0.5, 0.6) is 0 Å². The van der Waals surface area contributed by atoms with Gasteiger partial charge in [-0.25, -0.2) is 4.79 Å². The Morgan fingerprint density at radius 3 is 2.70 bits per heavy atom. The quantitative estimate of drug-likeness (QED) is 0.848. The molecule has 0 atom stereocenters. The number of benzene rings is 2. The van der Waals surface area contributed by atoms with Crippen LogP contribution in [0.1, 0.15) is 15.9 Å². The predicted molar refractivity (Wildman–Crippen MR) is 81.4 cm³/mol. The highest BCUT2D eigenvalue weighted by Crippen LogP contribution is 2.24. The highest BCUT2D eigenvalue weighted by atomic mass is 35.5. The normalized spacial score (nSPS) is 10.3. The van der Waals surface area contributed by atoms with Crippen molar-refractivity contribution in [3.8, 4) is 0 Å². The third-order valence-electron chi connectivity index (χ3n) is 2.97. The van der Waals surface area contributed by atoms with Gasteiger partial charge in [0.1, 0.15) is 0 Å². The molecular weight excluding hydrogens is 276 g/mol. The van der Waals surface area contributed by atoms with Crippen LogP contribution in [0.3, 0.4) is 0 Å². The van der Waals surface area contributed by atoms with Gasteiger partial charge in [-0.15, -0.1) is 0 Å². The van der Waals surface area contributed by atoms with Crippen molar-refractivity contribution in [3.63, 3.8) is 0 Å². The van der Waals surface area contributed by atoms with Crippen LogP contribution in [0.2, 0.25) is 5.02 Å². The number of hydrogen-bond acceptors (Lipinski definition) is 3. The fraction of sp³-hybridized carbons (Fsp3) is 0.133. The van der Waals surface area contributed by atoms with Gasteiger partial charge in [0.05, 0.1) is 11.3 Å². The van der Waals surface area contributed by atoms with Gasteiger partial charge in [-0.05, 0) is 35.9 Å². The predicted octanol–water partition coefficient (Wildman–Crippen LogP) is 3.26. The van der Waals surface area contributed by atoms with Gasteiger partial charge in [-0.1, -0.05) is 23.7 Å². The highest BCUT2D eigenvalue weighted by molar-refractivity contribution is 6.30. The van der Waals surface area contributed by atoms with Gasteiger partial charge >= 0.3 is 5.97 Å². The van der Waals surface area contributed by atoms with Crippen LogP contribution in [-0.4, -0.2) is 18.1 Å². The molecule has 104 valence electrons. The van der Waals surface area contributed by atoms with Crippen molar-refractivity contribution < 1.29 is 9.90 Å². The van der Waals surface area contributed by atoms with E-state index in [4.69, 9.17) is 17.3 Å². The van der Waals surface area contributed by atoms with E-state index >= 15 is 0 Å². The Bertz CT molecular complexity index is 644. The van der Waals surface area contributed by atoms with E-state index in [-0.39, 0.29) is 5.56 Å². The molecule has 0 saturated heterocycles. The lowest BCUT2D eigenvalue weighted by atomic mass is 10.1. The molecule has 0 bridgehead atoms. The van der Waals surface area contributed by atoms with E-state index in [0.29, 0.717) is 22.9 Å². The number of anilines is 2. The lowest BCUT2D eigenvalue weighted by molar-refractivity contribution is 0.0697. The first-order chi connectivity index (χ1) is 9.47. The molecule has 4 nitrogen and oxygen atoms in total. The van der Waals surface area contributed by atoms with Crippen LogP contribution in [0, 0.1) is 0 Å². The maximum atomic E-state index is 11.3. The Balaban J connectivity index is 2.31. The van der Waals surface area contributed by atoms with E-state index < -0.39 is 5.97 Å². The minimum atomic E-state index is -0.974. The highest BCUT2D eigenvalue weighted by Gasteiger charge is 2.14. The summed E-state index contributed by atoms with van der Waals surface area (Å²) < 4.78 is 0. The Labute approximate surface area is 122 Å². The Morgan fingerprint density at radius 2 is 2.05 bits per heavy atom. The molecule has 0 saturated carbocycles. The maximum absolute atomic E-state index is 11.3. The van der Waals surface area contributed by atoms with Crippen molar-refractivity contribution >= 4 is 28.9 Å². The van der Waals surface area contributed by atoms with Gasteiger partial charge in [0.15, 0.2) is 0 Å². The number of nitrogens with zero attached hydrogens (tertiary/aromatic N) is 1. The maximum Gasteiger partial charge on any atom is 0.337 e. The number of aromatic carboxylic acids is 1. The number of halogens is 1. The summed E-state index contributed by atoms with van der Waals surface area (Å²) in [5.74, 6) is -0.974. The molecule has 5 heteroatoms. The molecule has 0 unspecified atom stereocenters. The lowest BCUT2D eigenvalue weighted by Crippen LogP contribution is -2.19. The largest absolute Gasteiger partial charge is 0.478 e. The molecule has 0 fully saturated rings. The van der Waals surface area contributed by atoms with E-state index in [9.17, 15) is 9.90 Å². The second kappa shape index (κ2) is 5.84. The number of carbonyl (C=O) groups is 1. The van der Waals surface area contributed by atoms with Crippen molar-refractivity contribution in [2.45, 2.75) is 6.54 Å². The topological polar surface area (TPSA) is 66.6 Å². The number of hydrogen-bond donors (Lipinski definition) is 2. The summed E-state index contributed by atoms with van der Waals surface area (Å²) in [5, 5.41) is 9.88. The standard InChI is InChI=1S/C15H15ClN2O2/c1-18(9-10-3-2-4-11(16)7-10)14-8-12(17)5-6-13(14)15(19)20/h2-8H,9,17H2,1H3,(H,19,20). The summed E-state index contributed by atoms with van der Waals surface area (Å²) in [7, 11) is 1.82. The summed E-state index contributed by atoms with van der Waals surface area (Å²) in [6, 6.07) is 12.2. The third-order valence-corrected chi connectivity index (χ3v) is 3.21. The SMILES string of the molecule is CN(Cc1cccc(Cl)c1)c1cc(N)ccc1C(=O)O. The molecule has 2 rings (SSSR count). The second-order valence-electron chi connectivity index (χ2n) is 4.57. The average molecular weight is 291 g/mol. The Morgan fingerprint density at radius 1 is 1.30 bits per heavy atom. The van der Waals surface area contributed by atoms with Gasteiger partial charge in [0, 0.05) is 24.3 Å². The summed E-state index contributed by atoms with van der Waals surface area (Å²) in [6.45, 7) is 0.546. The fourth-order valence-electron chi connectivity index (χ4n) is 2.04. The molecule has 2 aromatic rings. The fourth-order valence-corrected chi connectivity index (χ4v) is 2.25. The Kier molecular flexibility index (Phi) is 4.15. The minimum absolute atomic E-state index is 0.226. The number of carboxylic acid groups (broad SMARTS) is 1. The number of carboxylic acids is 1. The van der Waals surface area contributed by atoms with Crippen LogP contribution in [0.4, 0.5) is 11.4 Å². The molecule has 0 heterocycles. The first kappa shape index (κ1) is 14.2. The zero-order valence-electron chi connectivity index (χ0n) is 11.0. The van der Waals surface area contributed by atoms with Crippen molar-refractivity contribution in [1.29, 1.82) is 0 Å². The van der Waals surface area contributed by atoms with Crippen molar-refractivity contribution in [2.75, 3.05) is 17.7 Å². The lowest BCUT2D eigenvalue weighted by Gasteiger charge is -2.22. The zero-order valence-corrected chi connectivity index (χ0v) is 11.8. The third kappa shape index (κ3) is 3.22. The van der Waals surface area contributed by atoms with Crippen LogP contribution < -0.4 is 10.6 Å². The van der Waals surface area contributed by atoms with E-state index in [0.717, 1.165) is 5.56 Å². The molecule has 0 amide bonds. The molecule has 0 radical (unpaired) electrons. The van der Waals surface area contributed by atoms with Crippen LogP contribution >= 0.6 is 11.6 Å². The molecule has 3 N–H and O–H groups in total. The van der Waals surface area contributed by atoms with E-state index in [2.05, 4.69) is 0 Å². The van der Waals surface area contributed by atoms with Crippen molar-refractivity contribution in [2.24, 2.45) is 0 Å². The summed E-state index contributed by atoms with van der Waals surface area (Å²) in [4.78, 5) is 13.1. The second-order valence-corrected chi connectivity index (χ2v) is 5.00. The van der Waals surface area contributed by atoms with Crippen molar-refractivity contribution in [3.05, 3.63) is 58.6 Å². The molecule has 0 aliphatic carbocycles. The zero-order chi connectivity index (χ0) is 14.7. The first-order valence-electron chi connectivity index (χ1n) is 6.06. The monoisotopic (exact) mass is 290 g/mol. The molecular formula is C15H15ClN2O2. The summed E-state index contributed by atoms with van der Waals surface area (Å²) >= 11 is 5.95. The molecule has 0 spiro atoms. The number of nitrogen functional groups attached to an aromatic ring is 1. The van der Waals surface area contributed by atoms with Crippen molar-refractivity contribution in [1.82, 2.24) is 0 Å². The molecule has 0 aliphatic heterocycles. The Hall–Kier alpha value is -2.20.